The van der Waals surface area contributed by atoms with Gasteiger partial charge in [-0.05, 0) is 42.8 Å². The molecule has 3 rings (SSSR count). The molecule has 0 aliphatic carbocycles. The van der Waals surface area contributed by atoms with E-state index in [1.165, 1.54) is 5.56 Å². The van der Waals surface area contributed by atoms with Crippen molar-refractivity contribution >= 4 is 38.6 Å². The molecular weight excluding hydrogens is 336 g/mol. The number of hydrogen-bond donors (Lipinski definition) is 0. The molecular formula is C16H14BrClN2. The molecule has 4 heteroatoms. The fourth-order valence-corrected chi connectivity index (χ4v) is 2.80. The number of fused-ring (bicyclic) bond motifs is 1. The number of aryl methyl sites for hydroxylation is 2. The molecule has 20 heavy (non-hydrogen) atoms. The highest BCUT2D eigenvalue weighted by atomic mass is 79.9. The molecule has 1 aromatic heterocycles. The summed E-state index contributed by atoms with van der Waals surface area (Å²) in [6.45, 7) is 2.09. The van der Waals surface area contributed by atoms with E-state index in [1.807, 2.05) is 18.2 Å². The fourth-order valence-electron chi connectivity index (χ4n) is 2.38. The third kappa shape index (κ3) is 2.36. The van der Waals surface area contributed by atoms with Gasteiger partial charge in [-0.1, -0.05) is 28.1 Å². The van der Waals surface area contributed by atoms with Gasteiger partial charge in [-0.2, -0.15) is 0 Å². The first-order valence-corrected chi connectivity index (χ1v) is 7.82. The van der Waals surface area contributed by atoms with E-state index in [-0.39, 0.29) is 0 Å². The number of alkyl halides is 1. The summed E-state index contributed by atoms with van der Waals surface area (Å²) in [5, 5.41) is 0. The molecule has 0 saturated heterocycles. The zero-order chi connectivity index (χ0) is 14.1. The standard InChI is InChI=1S/C16H14BrClN2/c1-11-10-12(6-7-13(11)17)20-15-5-3-2-4-14(15)19-16(20)8-9-18/h2-7,10H,8-9H2,1H3. The second kappa shape index (κ2) is 5.58. The highest BCUT2D eigenvalue weighted by Crippen LogP contribution is 2.25. The molecule has 0 spiro atoms. The van der Waals surface area contributed by atoms with E-state index in [4.69, 9.17) is 16.6 Å². The van der Waals surface area contributed by atoms with Crippen LogP contribution in [0.5, 0.6) is 0 Å². The molecule has 102 valence electrons. The lowest BCUT2D eigenvalue weighted by molar-refractivity contribution is 0.911. The van der Waals surface area contributed by atoms with Crippen LogP contribution >= 0.6 is 27.5 Å². The van der Waals surface area contributed by atoms with Gasteiger partial charge >= 0.3 is 0 Å². The SMILES string of the molecule is Cc1cc(-n2c(CCCl)nc3ccccc32)ccc1Br. The Morgan fingerprint density at radius 3 is 2.75 bits per heavy atom. The van der Waals surface area contributed by atoms with Crippen LogP contribution in [0.2, 0.25) is 0 Å². The first-order valence-electron chi connectivity index (χ1n) is 6.49. The van der Waals surface area contributed by atoms with Crippen LogP contribution in [0.1, 0.15) is 11.4 Å². The molecule has 0 radical (unpaired) electrons. The lowest BCUT2D eigenvalue weighted by atomic mass is 10.2. The van der Waals surface area contributed by atoms with Crippen molar-refractivity contribution in [2.75, 3.05) is 5.88 Å². The van der Waals surface area contributed by atoms with E-state index in [0.717, 1.165) is 33.4 Å². The predicted molar refractivity (Wildman–Crippen MR) is 87.9 cm³/mol. The summed E-state index contributed by atoms with van der Waals surface area (Å²) in [7, 11) is 0. The van der Waals surface area contributed by atoms with Crippen LogP contribution in [0.25, 0.3) is 16.7 Å². The minimum absolute atomic E-state index is 0.568. The van der Waals surface area contributed by atoms with Crippen molar-refractivity contribution in [2.45, 2.75) is 13.3 Å². The Morgan fingerprint density at radius 1 is 1.20 bits per heavy atom. The minimum atomic E-state index is 0.568. The molecule has 3 aromatic rings. The zero-order valence-corrected chi connectivity index (χ0v) is 13.4. The summed E-state index contributed by atoms with van der Waals surface area (Å²) >= 11 is 9.46. The number of imidazole rings is 1. The van der Waals surface area contributed by atoms with Gasteiger partial charge in [-0.15, -0.1) is 11.6 Å². The van der Waals surface area contributed by atoms with Crippen molar-refractivity contribution in [2.24, 2.45) is 0 Å². The molecule has 0 bridgehead atoms. The van der Waals surface area contributed by atoms with Crippen molar-refractivity contribution in [3.8, 4) is 5.69 Å². The second-order valence-corrected chi connectivity index (χ2v) is 5.96. The van der Waals surface area contributed by atoms with Gasteiger partial charge in [0.25, 0.3) is 0 Å². The zero-order valence-electron chi connectivity index (χ0n) is 11.1. The van der Waals surface area contributed by atoms with Crippen LogP contribution < -0.4 is 0 Å². The van der Waals surface area contributed by atoms with Gasteiger partial charge in [0.15, 0.2) is 0 Å². The Labute approximate surface area is 131 Å². The van der Waals surface area contributed by atoms with Crippen LogP contribution in [-0.2, 0) is 6.42 Å². The van der Waals surface area contributed by atoms with Gasteiger partial charge in [-0.25, -0.2) is 4.98 Å². The molecule has 0 unspecified atom stereocenters. The monoisotopic (exact) mass is 348 g/mol. The Bertz CT molecular complexity index is 764. The van der Waals surface area contributed by atoms with Crippen molar-refractivity contribution in [1.82, 2.24) is 9.55 Å². The van der Waals surface area contributed by atoms with Gasteiger partial charge < -0.3 is 0 Å². The number of nitrogens with zero attached hydrogens (tertiary/aromatic N) is 2. The molecule has 2 nitrogen and oxygen atoms in total. The van der Waals surface area contributed by atoms with E-state index in [2.05, 4.69) is 51.7 Å². The average molecular weight is 350 g/mol. The molecule has 0 amide bonds. The van der Waals surface area contributed by atoms with Crippen LogP contribution in [0.15, 0.2) is 46.9 Å². The quantitative estimate of drug-likeness (QED) is 0.616. The van der Waals surface area contributed by atoms with Crippen LogP contribution in [0.4, 0.5) is 0 Å². The Balaban J connectivity index is 2.26. The predicted octanol–water partition coefficient (Wildman–Crippen LogP) is 4.88. The fraction of sp³-hybridized carbons (Fsp3) is 0.188. The highest BCUT2D eigenvalue weighted by molar-refractivity contribution is 9.10. The summed E-state index contributed by atoms with van der Waals surface area (Å²) in [6.07, 6.45) is 0.755. The smallest absolute Gasteiger partial charge is 0.115 e. The number of aromatic nitrogens is 2. The maximum absolute atomic E-state index is 5.92. The summed E-state index contributed by atoms with van der Waals surface area (Å²) in [5.74, 6) is 1.57. The van der Waals surface area contributed by atoms with Crippen LogP contribution in [-0.4, -0.2) is 15.4 Å². The molecule has 0 aliphatic rings. The van der Waals surface area contributed by atoms with E-state index in [0.29, 0.717) is 5.88 Å². The third-order valence-electron chi connectivity index (χ3n) is 3.35. The van der Waals surface area contributed by atoms with Gasteiger partial charge in [0.05, 0.1) is 11.0 Å². The number of benzene rings is 2. The normalized spacial score (nSPS) is 11.2. The number of rotatable bonds is 3. The molecule has 1 heterocycles. The third-order valence-corrected chi connectivity index (χ3v) is 4.43. The van der Waals surface area contributed by atoms with Gasteiger partial charge in [-0.3, -0.25) is 4.57 Å². The average Bonchev–Trinajstić information content (AvgIpc) is 2.80. The summed E-state index contributed by atoms with van der Waals surface area (Å²) in [6, 6.07) is 14.5. The largest absolute Gasteiger partial charge is 0.296 e. The topological polar surface area (TPSA) is 17.8 Å². The van der Waals surface area contributed by atoms with Crippen molar-refractivity contribution < 1.29 is 0 Å². The van der Waals surface area contributed by atoms with Crippen molar-refractivity contribution in [3.05, 3.63) is 58.3 Å². The minimum Gasteiger partial charge on any atom is -0.296 e. The summed E-state index contributed by atoms with van der Waals surface area (Å²) in [4.78, 5) is 4.70. The Morgan fingerprint density at radius 2 is 2.00 bits per heavy atom. The van der Waals surface area contributed by atoms with E-state index in [1.54, 1.807) is 0 Å². The first-order chi connectivity index (χ1) is 9.70. The van der Waals surface area contributed by atoms with Gasteiger partial charge in [0.2, 0.25) is 0 Å². The molecule has 0 aliphatic heterocycles. The number of para-hydroxylation sites is 2. The van der Waals surface area contributed by atoms with Crippen LogP contribution in [0.3, 0.4) is 0 Å². The lowest BCUT2D eigenvalue weighted by Gasteiger charge is -2.10. The van der Waals surface area contributed by atoms with Crippen molar-refractivity contribution in [3.63, 3.8) is 0 Å². The highest BCUT2D eigenvalue weighted by Gasteiger charge is 2.12. The van der Waals surface area contributed by atoms with E-state index in [9.17, 15) is 0 Å². The first kappa shape index (κ1) is 13.7. The molecule has 0 fully saturated rings. The second-order valence-electron chi connectivity index (χ2n) is 4.72. The van der Waals surface area contributed by atoms with Crippen molar-refractivity contribution in [1.29, 1.82) is 0 Å². The molecule has 0 atom stereocenters. The maximum Gasteiger partial charge on any atom is 0.115 e. The number of halogens is 2. The molecule has 2 aromatic carbocycles. The molecule has 0 N–H and O–H groups in total. The Kier molecular flexibility index (Phi) is 3.81. The summed E-state index contributed by atoms with van der Waals surface area (Å²) < 4.78 is 3.31. The maximum atomic E-state index is 5.92. The number of hydrogen-bond acceptors (Lipinski definition) is 1. The summed E-state index contributed by atoms with van der Waals surface area (Å²) in [5.41, 5.74) is 4.46. The Hall–Kier alpha value is -1.32. The van der Waals surface area contributed by atoms with E-state index < -0.39 is 0 Å². The van der Waals surface area contributed by atoms with Gasteiger partial charge in [0, 0.05) is 22.5 Å². The van der Waals surface area contributed by atoms with Crippen LogP contribution in [0, 0.1) is 6.92 Å². The molecule has 0 saturated carbocycles. The van der Waals surface area contributed by atoms with Gasteiger partial charge in [0.1, 0.15) is 5.82 Å². The van der Waals surface area contributed by atoms with E-state index >= 15 is 0 Å². The lowest BCUT2D eigenvalue weighted by Crippen LogP contribution is -2.02.